The third-order valence-corrected chi connectivity index (χ3v) is 2.51. The Balaban J connectivity index is 0.000000203. The van der Waals surface area contributed by atoms with Gasteiger partial charge in [-0.1, -0.05) is 23.8 Å². The van der Waals surface area contributed by atoms with E-state index in [-0.39, 0.29) is 6.29 Å². The van der Waals surface area contributed by atoms with Crippen LogP contribution in [0.2, 0.25) is 0 Å². The fourth-order valence-corrected chi connectivity index (χ4v) is 1.49. The Kier molecular flexibility index (Phi) is 6.28. The smallest absolute Gasteiger partial charge is 0.168 e. The van der Waals surface area contributed by atoms with E-state index in [1.54, 1.807) is 14.2 Å². The molecule has 98 valence electrons. The van der Waals surface area contributed by atoms with Crippen LogP contribution in [0.4, 0.5) is 0 Å². The first kappa shape index (κ1) is 14.6. The van der Waals surface area contributed by atoms with Gasteiger partial charge in [0.15, 0.2) is 6.29 Å². The number of hydrogen-bond acceptors (Lipinski definition) is 4. The van der Waals surface area contributed by atoms with Crippen LogP contribution in [-0.2, 0) is 9.47 Å². The molecule has 0 unspecified atom stereocenters. The van der Waals surface area contributed by atoms with Crippen LogP contribution in [-0.4, -0.2) is 32.0 Å². The van der Waals surface area contributed by atoms with E-state index in [0.29, 0.717) is 6.54 Å². The molecule has 0 bridgehead atoms. The lowest BCUT2D eigenvalue weighted by atomic mass is 10.1. The molecule has 1 aromatic heterocycles. The summed E-state index contributed by atoms with van der Waals surface area (Å²) in [6.45, 7) is 2.51. The highest BCUT2D eigenvalue weighted by atomic mass is 16.7. The van der Waals surface area contributed by atoms with Gasteiger partial charge in [-0.25, -0.2) is 0 Å². The van der Waals surface area contributed by atoms with Crippen molar-refractivity contribution in [2.45, 2.75) is 13.2 Å². The number of nitrogens with two attached hydrogens (primary N) is 1. The summed E-state index contributed by atoms with van der Waals surface area (Å²) < 4.78 is 9.40. The number of benzene rings is 1. The van der Waals surface area contributed by atoms with Crippen molar-refractivity contribution in [2.75, 3.05) is 20.8 Å². The minimum atomic E-state index is -0.236. The van der Waals surface area contributed by atoms with Crippen LogP contribution < -0.4 is 5.73 Å². The molecule has 0 aliphatic carbocycles. The third kappa shape index (κ3) is 4.41. The number of aryl methyl sites for hydroxylation is 1. The van der Waals surface area contributed by atoms with Gasteiger partial charge in [0, 0.05) is 38.5 Å². The first-order chi connectivity index (χ1) is 8.71. The van der Waals surface area contributed by atoms with Crippen molar-refractivity contribution in [3.63, 3.8) is 0 Å². The lowest BCUT2D eigenvalue weighted by Gasteiger charge is -2.08. The highest BCUT2D eigenvalue weighted by Crippen LogP contribution is 2.12. The quantitative estimate of drug-likeness (QED) is 0.845. The molecule has 2 N–H and O–H groups in total. The Morgan fingerprint density at radius 3 is 2.44 bits per heavy atom. The van der Waals surface area contributed by atoms with Gasteiger partial charge in [0.25, 0.3) is 0 Å². The molecule has 0 spiro atoms. The summed E-state index contributed by atoms with van der Waals surface area (Å²) in [7, 11) is 3.11. The standard InChI is InChI=1S/C10H9N.C4H11NO2/c1-8-2-3-10-7-11-5-4-9(10)6-8;1-6-4(3-5)7-2/h2-7H,1H3;4H,3,5H2,1-2H3. The molecule has 4 nitrogen and oxygen atoms in total. The van der Waals surface area contributed by atoms with Gasteiger partial charge >= 0.3 is 0 Å². The van der Waals surface area contributed by atoms with Gasteiger partial charge < -0.3 is 15.2 Å². The second-order valence-corrected chi connectivity index (χ2v) is 3.86. The Bertz CT molecular complexity index is 465. The van der Waals surface area contributed by atoms with Crippen molar-refractivity contribution in [1.29, 1.82) is 0 Å². The lowest BCUT2D eigenvalue weighted by Crippen LogP contribution is -2.23. The second kappa shape index (κ2) is 7.76. The third-order valence-electron chi connectivity index (χ3n) is 2.51. The topological polar surface area (TPSA) is 57.4 Å². The molecule has 18 heavy (non-hydrogen) atoms. The molecule has 0 aliphatic heterocycles. The average Bonchev–Trinajstić information content (AvgIpc) is 2.41. The normalized spacial score (nSPS) is 10.3. The fourth-order valence-electron chi connectivity index (χ4n) is 1.49. The van der Waals surface area contributed by atoms with Gasteiger partial charge in [-0.2, -0.15) is 0 Å². The summed E-state index contributed by atoms with van der Waals surface area (Å²) >= 11 is 0. The number of hydrogen-bond donors (Lipinski definition) is 1. The van der Waals surface area contributed by atoms with Gasteiger partial charge in [0.05, 0.1) is 0 Å². The van der Waals surface area contributed by atoms with E-state index in [4.69, 9.17) is 15.2 Å². The number of pyridine rings is 1. The zero-order valence-electron chi connectivity index (χ0n) is 11.1. The number of methoxy groups -OCH3 is 2. The van der Waals surface area contributed by atoms with E-state index < -0.39 is 0 Å². The molecule has 4 heteroatoms. The van der Waals surface area contributed by atoms with Gasteiger partial charge in [0.1, 0.15) is 0 Å². The van der Waals surface area contributed by atoms with E-state index in [2.05, 4.69) is 30.1 Å². The first-order valence-electron chi connectivity index (χ1n) is 5.77. The van der Waals surface area contributed by atoms with Gasteiger partial charge in [-0.05, 0) is 18.4 Å². The van der Waals surface area contributed by atoms with E-state index in [9.17, 15) is 0 Å². The van der Waals surface area contributed by atoms with Gasteiger partial charge in [0.2, 0.25) is 0 Å². The van der Waals surface area contributed by atoms with Gasteiger partial charge in [-0.3, -0.25) is 4.98 Å². The second-order valence-electron chi connectivity index (χ2n) is 3.86. The molecule has 0 aliphatic rings. The summed E-state index contributed by atoms with van der Waals surface area (Å²) in [6.07, 6.45) is 3.47. The van der Waals surface area contributed by atoms with Crippen molar-refractivity contribution in [3.05, 3.63) is 42.2 Å². The molecule has 0 amide bonds. The Morgan fingerprint density at radius 2 is 1.89 bits per heavy atom. The van der Waals surface area contributed by atoms with Crippen LogP contribution in [0.15, 0.2) is 36.7 Å². The lowest BCUT2D eigenvalue weighted by molar-refractivity contribution is -0.0940. The predicted molar refractivity (Wildman–Crippen MR) is 73.3 cm³/mol. The SMILES string of the molecule is COC(CN)OC.Cc1ccc2cnccc2c1. The molecule has 2 rings (SSSR count). The Labute approximate surface area is 108 Å². The highest BCUT2D eigenvalue weighted by Gasteiger charge is 1.96. The maximum absolute atomic E-state index is 5.14. The minimum absolute atomic E-state index is 0.236. The van der Waals surface area contributed by atoms with Crippen LogP contribution >= 0.6 is 0 Å². The van der Waals surface area contributed by atoms with Crippen LogP contribution in [0.1, 0.15) is 5.56 Å². The maximum Gasteiger partial charge on any atom is 0.168 e. The van der Waals surface area contributed by atoms with Crippen molar-refractivity contribution in [2.24, 2.45) is 5.73 Å². The fraction of sp³-hybridized carbons (Fsp3) is 0.357. The number of rotatable bonds is 3. The molecule has 0 atom stereocenters. The number of fused-ring (bicyclic) bond motifs is 1. The zero-order chi connectivity index (χ0) is 13.4. The zero-order valence-corrected chi connectivity index (χ0v) is 11.1. The average molecular weight is 248 g/mol. The van der Waals surface area contributed by atoms with Gasteiger partial charge in [-0.15, -0.1) is 0 Å². The van der Waals surface area contributed by atoms with E-state index in [0.717, 1.165) is 0 Å². The summed E-state index contributed by atoms with van der Waals surface area (Å²) in [4.78, 5) is 4.04. The Morgan fingerprint density at radius 1 is 1.17 bits per heavy atom. The summed E-state index contributed by atoms with van der Waals surface area (Å²) in [5.74, 6) is 0. The maximum atomic E-state index is 5.14. The minimum Gasteiger partial charge on any atom is -0.355 e. The van der Waals surface area contributed by atoms with Crippen molar-refractivity contribution in [3.8, 4) is 0 Å². The molecule has 0 saturated heterocycles. The summed E-state index contributed by atoms with van der Waals surface area (Å²) in [5, 5.41) is 2.47. The van der Waals surface area contributed by atoms with E-state index in [1.165, 1.54) is 16.3 Å². The van der Waals surface area contributed by atoms with Crippen molar-refractivity contribution >= 4 is 10.8 Å². The van der Waals surface area contributed by atoms with E-state index >= 15 is 0 Å². The molecule has 0 saturated carbocycles. The molecule has 0 fully saturated rings. The van der Waals surface area contributed by atoms with Crippen LogP contribution in [0.3, 0.4) is 0 Å². The summed E-state index contributed by atoms with van der Waals surface area (Å²) in [5.41, 5.74) is 6.44. The monoisotopic (exact) mass is 248 g/mol. The molecule has 1 aromatic carbocycles. The van der Waals surface area contributed by atoms with Crippen LogP contribution in [0.25, 0.3) is 10.8 Å². The number of aromatic nitrogens is 1. The molecule has 1 heterocycles. The predicted octanol–water partition coefficient (Wildman–Crippen LogP) is 2.11. The molecule has 0 radical (unpaired) electrons. The highest BCUT2D eigenvalue weighted by molar-refractivity contribution is 5.81. The van der Waals surface area contributed by atoms with E-state index in [1.807, 2.05) is 18.5 Å². The number of ether oxygens (including phenoxy) is 2. The van der Waals surface area contributed by atoms with Crippen LogP contribution in [0.5, 0.6) is 0 Å². The molecule has 2 aromatic rings. The van der Waals surface area contributed by atoms with Crippen LogP contribution in [0, 0.1) is 6.92 Å². The molecular weight excluding hydrogens is 228 g/mol. The first-order valence-corrected chi connectivity index (χ1v) is 5.77. The number of nitrogens with zero attached hydrogens (tertiary/aromatic N) is 1. The van der Waals surface area contributed by atoms with Crippen molar-refractivity contribution < 1.29 is 9.47 Å². The van der Waals surface area contributed by atoms with Crippen molar-refractivity contribution in [1.82, 2.24) is 4.98 Å². The Hall–Kier alpha value is -1.49. The largest absolute Gasteiger partial charge is 0.355 e. The molecular formula is C14H20N2O2. The summed E-state index contributed by atoms with van der Waals surface area (Å²) in [6, 6.07) is 8.39.